The normalized spacial score (nSPS) is 14.3. The Kier molecular flexibility index (Phi) is 9.28. The van der Waals surface area contributed by atoms with Gasteiger partial charge in [0.1, 0.15) is 11.7 Å². The number of hydrogen-bond acceptors (Lipinski definition) is 8. The van der Waals surface area contributed by atoms with E-state index in [1.165, 1.54) is 12.3 Å². The molecule has 1 fully saturated rings. The Balaban J connectivity index is 1.04. The summed E-state index contributed by atoms with van der Waals surface area (Å²) in [4.78, 5) is 62.1. The number of halogens is 1. The molecule has 2 aromatic carbocycles. The third-order valence-corrected chi connectivity index (χ3v) is 9.38. The number of nitrogens with zero attached hydrogens (tertiary/aromatic N) is 5. The summed E-state index contributed by atoms with van der Waals surface area (Å²) in [6.45, 7) is 4.18. The molecule has 13 heteroatoms. The number of piperidine rings is 1. The fraction of sp³-hybridized carbons (Fsp3) is 0.225. The highest BCUT2D eigenvalue weighted by Gasteiger charge is 2.27. The number of benzene rings is 2. The van der Waals surface area contributed by atoms with Crippen molar-refractivity contribution >= 4 is 45.3 Å². The summed E-state index contributed by atoms with van der Waals surface area (Å²) in [7, 11) is 3.60. The van der Waals surface area contributed by atoms with Gasteiger partial charge in [0.2, 0.25) is 11.8 Å². The fourth-order valence-electron chi connectivity index (χ4n) is 6.53. The van der Waals surface area contributed by atoms with Gasteiger partial charge in [-0.3, -0.25) is 38.8 Å². The molecule has 0 aliphatic carbocycles. The number of amides is 3. The van der Waals surface area contributed by atoms with E-state index in [1.807, 2.05) is 24.4 Å². The Bertz CT molecular complexity index is 2580. The molecule has 7 rings (SSSR count). The molecule has 0 saturated carbocycles. The predicted octanol–water partition coefficient (Wildman–Crippen LogP) is 4.81. The molecular formula is C40H35FN8O4. The maximum atomic E-state index is 15.0. The highest BCUT2D eigenvalue weighted by molar-refractivity contribution is 6.02. The summed E-state index contributed by atoms with van der Waals surface area (Å²) in [5.74, 6) is 3.35. The number of imidazole rings is 1. The van der Waals surface area contributed by atoms with Crippen molar-refractivity contribution in [2.45, 2.75) is 38.6 Å². The highest BCUT2D eigenvalue weighted by atomic mass is 19.1. The Hall–Kier alpha value is -6.68. The molecule has 3 N–H and O–H groups in total. The standard InChI is InChI=1S/C40H35FN8O4/c1-22(2)28-17-26(19-33-36(28)49(4)40(53)48(33)3)27-9-5-7-24-18-32(45-21-29(24)27)25-10-11-30(44-20-25)38(51)43-15-6-8-23-14-16-42-37(35(23)41)46-31-12-13-34(50)47-39(31)52/h5,7,9-11,14,16-22,31H,12-13,15H2,1-4H3,(H,42,46)(H,43,51)(H,47,50,52). The zero-order valence-electron chi connectivity index (χ0n) is 29.5. The Labute approximate surface area is 303 Å². The molecule has 266 valence electrons. The number of fused-ring (bicyclic) bond motifs is 2. The van der Waals surface area contributed by atoms with Crippen molar-refractivity contribution in [1.29, 1.82) is 0 Å². The molecular weight excluding hydrogens is 675 g/mol. The van der Waals surface area contributed by atoms with E-state index in [9.17, 15) is 19.2 Å². The first-order chi connectivity index (χ1) is 25.5. The lowest BCUT2D eigenvalue weighted by Gasteiger charge is -2.22. The minimum absolute atomic E-state index is 0.0334. The molecule has 3 amide bonds. The summed E-state index contributed by atoms with van der Waals surface area (Å²) in [5, 5.41) is 9.54. The van der Waals surface area contributed by atoms with Gasteiger partial charge in [-0.2, -0.15) is 0 Å². The van der Waals surface area contributed by atoms with E-state index in [2.05, 4.69) is 69.8 Å². The number of nitrogens with one attached hydrogen (secondary N) is 3. The quantitative estimate of drug-likeness (QED) is 0.158. The summed E-state index contributed by atoms with van der Waals surface area (Å²) in [5.41, 5.74) is 6.48. The molecule has 0 radical (unpaired) electrons. The average molecular weight is 711 g/mol. The number of carbonyl (C=O) groups excluding carboxylic acids is 3. The van der Waals surface area contributed by atoms with Gasteiger partial charge in [0.25, 0.3) is 5.91 Å². The van der Waals surface area contributed by atoms with Gasteiger partial charge >= 0.3 is 5.69 Å². The molecule has 1 aliphatic rings. The SMILES string of the molecule is CC(C)c1cc(-c2cccc3cc(-c4ccc(C(=O)NCC#Cc5ccnc(NC6CCC(=O)NC6=O)c5F)nc4)ncc23)cc2c1n(C)c(=O)n2C. The Morgan fingerprint density at radius 2 is 1.83 bits per heavy atom. The van der Waals surface area contributed by atoms with Crippen molar-refractivity contribution in [3.8, 4) is 34.2 Å². The molecule has 12 nitrogen and oxygen atoms in total. The molecule has 0 bridgehead atoms. The zero-order chi connectivity index (χ0) is 37.4. The van der Waals surface area contributed by atoms with E-state index in [0.29, 0.717) is 5.69 Å². The van der Waals surface area contributed by atoms with E-state index in [4.69, 9.17) is 4.98 Å². The van der Waals surface area contributed by atoms with Crippen LogP contribution in [0.4, 0.5) is 10.2 Å². The number of aryl methyl sites for hydroxylation is 2. The van der Waals surface area contributed by atoms with Crippen molar-refractivity contribution in [2.24, 2.45) is 14.1 Å². The van der Waals surface area contributed by atoms with Crippen molar-refractivity contribution < 1.29 is 18.8 Å². The van der Waals surface area contributed by atoms with Gasteiger partial charge in [0.15, 0.2) is 11.6 Å². The summed E-state index contributed by atoms with van der Waals surface area (Å²) < 4.78 is 18.4. The Morgan fingerprint density at radius 3 is 2.58 bits per heavy atom. The van der Waals surface area contributed by atoms with Crippen LogP contribution < -0.4 is 21.6 Å². The summed E-state index contributed by atoms with van der Waals surface area (Å²) >= 11 is 0. The summed E-state index contributed by atoms with van der Waals surface area (Å²) in [6.07, 6.45) is 5.14. The van der Waals surface area contributed by atoms with Gasteiger partial charge in [-0.15, -0.1) is 0 Å². The van der Waals surface area contributed by atoms with Crippen LogP contribution in [0.25, 0.3) is 44.2 Å². The predicted molar refractivity (Wildman–Crippen MR) is 199 cm³/mol. The van der Waals surface area contributed by atoms with Crippen molar-refractivity contribution in [3.05, 3.63) is 106 Å². The van der Waals surface area contributed by atoms with Crippen molar-refractivity contribution in [3.63, 3.8) is 0 Å². The van der Waals surface area contributed by atoms with Gasteiger partial charge in [-0.1, -0.05) is 43.9 Å². The summed E-state index contributed by atoms with van der Waals surface area (Å²) in [6, 6.07) is 16.2. The molecule has 1 aliphatic heterocycles. The third-order valence-electron chi connectivity index (χ3n) is 9.38. The second-order valence-electron chi connectivity index (χ2n) is 13.2. The first-order valence-corrected chi connectivity index (χ1v) is 17.1. The molecule has 53 heavy (non-hydrogen) atoms. The van der Waals surface area contributed by atoms with Crippen molar-refractivity contribution in [2.75, 3.05) is 11.9 Å². The molecule has 5 heterocycles. The number of carbonyl (C=O) groups is 3. The van der Waals surface area contributed by atoms with E-state index >= 15 is 4.39 Å². The van der Waals surface area contributed by atoms with Crippen LogP contribution >= 0.6 is 0 Å². The minimum Gasteiger partial charge on any atom is -0.356 e. The Morgan fingerprint density at radius 1 is 1.00 bits per heavy atom. The van der Waals surface area contributed by atoms with Crippen molar-refractivity contribution in [1.82, 2.24) is 34.7 Å². The van der Waals surface area contributed by atoms with Crippen LogP contribution in [0.1, 0.15) is 54.2 Å². The molecule has 0 spiro atoms. The molecule has 6 aromatic rings. The number of anilines is 1. The average Bonchev–Trinajstić information content (AvgIpc) is 3.38. The van der Waals surface area contributed by atoms with Crippen LogP contribution in [-0.2, 0) is 23.7 Å². The lowest BCUT2D eigenvalue weighted by atomic mass is 9.93. The van der Waals surface area contributed by atoms with Crippen LogP contribution in [0.3, 0.4) is 0 Å². The van der Waals surface area contributed by atoms with E-state index < -0.39 is 23.7 Å². The highest BCUT2D eigenvalue weighted by Crippen LogP contribution is 2.35. The topological polar surface area (TPSA) is 153 Å². The van der Waals surface area contributed by atoms with Crippen LogP contribution in [-0.4, -0.2) is 54.4 Å². The van der Waals surface area contributed by atoms with Gasteiger partial charge in [-0.05, 0) is 70.8 Å². The monoisotopic (exact) mass is 710 g/mol. The van der Waals surface area contributed by atoms with Gasteiger partial charge < -0.3 is 10.6 Å². The van der Waals surface area contributed by atoms with Gasteiger partial charge in [0.05, 0.1) is 28.8 Å². The number of hydrogen-bond donors (Lipinski definition) is 3. The number of imide groups is 1. The van der Waals surface area contributed by atoms with Crippen LogP contribution in [0.15, 0.2) is 78.0 Å². The van der Waals surface area contributed by atoms with Gasteiger partial charge in [-0.25, -0.2) is 14.2 Å². The first-order valence-electron chi connectivity index (χ1n) is 17.1. The van der Waals surface area contributed by atoms with Crippen LogP contribution in [0.5, 0.6) is 0 Å². The van der Waals surface area contributed by atoms with E-state index in [0.717, 1.165) is 44.1 Å². The maximum absolute atomic E-state index is 15.0. The minimum atomic E-state index is -0.792. The number of aromatic nitrogens is 5. The molecule has 1 unspecified atom stereocenters. The van der Waals surface area contributed by atoms with Crippen LogP contribution in [0, 0.1) is 17.7 Å². The second-order valence-corrected chi connectivity index (χ2v) is 13.2. The van der Waals surface area contributed by atoms with E-state index in [1.54, 1.807) is 41.6 Å². The second kappa shape index (κ2) is 14.1. The lowest BCUT2D eigenvalue weighted by molar-refractivity contribution is -0.133. The van der Waals surface area contributed by atoms with Gasteiger partial charge in [0, 0.05) is 50.1 Å². The molecule has 4 aromatic heterocycles. The molecule has 1 saturated heterocycles. The maximum Gasteiger partial charge on any atom is 0.328 e. The first kappa shape index (κ1) is 34.8. The fourth-order valence-corrected chi connectivity index (χ4v) is 6.53. The number of rotatable bonds is 7. The lowest BCUT2D eigenvalue weighted by Crippen LogP contribution is -2.47. The smallest absolute Gasteiger partial charge is 0.328 e. The number of pyridine rings is 3. The largest absolute Gasteiger partial charge is 0.356 e. The van der Waals surface area contributed by atoms with E-state index in [-0.39, 0.29) is 54.0 Å². The van der Waals surface area contributed by atoms with Crippen LogP contribution in [0.2, 0.25) is 0 Å². The third kappa shape index (κ3) is 6.74. The zero-order valence-corrected chi connectivity index (χ0v) is 29.5. The molecule has 1 atom stereocenters.